The number of anilines is 1. The van der Waals surface area contributed by atoms with Gasteiger partial charge in [-0.3, -0.25) is 4.72 Å². The van der Waals surface area contributed by atoms with Crippen LogP contribution in [0.25, 0.3) is 6.08 Å². The summed E-state index contributed by atoms with van der Waals surface area (Å²) < 4.78 is 27.0. The molecule has 2 rings (SSSR count). The number of hydrogen-bond donors (Lipinski definition) is 1. The highest BCUT2D eigenvalue weighted by molar-refractivity contribution is 7.92. The molecule has 0 saturated heterocycles. The van der Waals surface area contributed by atoms with Crippen molar-refractivity contribution < 1.29 is 18.3 Å². The van der Waals surface area contributed by atoms with Crippen molar-refractivity contribution in [2.45, 2.75) is 11.8 Å². The van der Waals surface area contributed by atoms with Crippen LogP contribution in [0.5, 0.6) is 0 Å². The van der Waals surface area contributed by atoms with Gasteiger partial charge in [0.2, 0.25) is 0 Å². The van der Waals surface area contributed by atoms with Gasteiger partial charge in [-0.2, -0.15) is 0 Å². The number of nitrogens with one attached hydrogen (secondary N) is 1. The Morgan fingerprint density at radius 3 is 2.45 bits per heavy atom. The highest BCUT2D eigenvalue weighted by Gasteiger charge is 2.13. The van der Waals surface area contributed by atoms with E-state index in [9.17, 15) is 18.3 Å². The molecular weight excluding hydrogens is 302 g/mol. The fourth-order valence-electron chi connectivity index (χ4n) is 1.80. The van der Waals surface area contributed by atoms with Crippen LogP contribution in [0.2, 0.25) is 0 Å². The number of benzene rings is 2. The SMILES string of the molecule is Cc1ccc(S(=O)(=O)Nc2cccc(C=CC(=O)[O-])c2)cc1. The Bertz CT molecular complexity index is 808. The van der Waals surface area contributed by atoms with E-state index in [1.54, 1.807) is 30.3 Å². The molecule has 0 aliphatic heterocycles. The summed E-state index contributed by atoms with van der Waals surface area (Å²) >= 11 is 0. The smallest absolute Gasteiger partial charge is 0.261 e. The highest BCUT2D eigenvalue weighted by atomic mass is 32.2. The molecule has 2 aromatic rings. The molecule has 0 aromatic heterocycles. The van der Waals surface area contributed by atoms with Crippen LogP contribution in [0.4, 0.5) is 5.69 Å². The summed E-state index contributed by atoms with van der Waals surface area (Å²) in [5, 5.41) is 10.4. The molecule has 2 aromatic carbocycles. The molecule has 0 bridgehead atoms. The van der Waals surface area contributed by atoms with Crippen LogP contribution in [0.1, 0.15) is 11.1 Å². The Labute approximate surface area is 129 Å². The van der Waals surface area contributed by atoms with Crippen molar-refractivity contribution in [3.05, 3.63) is 65.7 Å². The lowest BCUT2D eigenvalue weighted by molar-refractivity contribution is -0.297. The van der Waals surface area contributed by atoms with E-state index in [-0.39, 0.29) is 4.90 Å². The van der Waals surface area contributed by atoms with Gasteiger partial charge >= 0.3 is 0 Å². The first kappa shape index (κ1) is 15.8. The van der Waals surface area contributed by atoms with Crippen LogP contribution in [-0.4, -0.2) is 14.4 Å². The number of carbonyl (C=O) groups is 1. The van der Waals surface area contributed by atoms with E-state index in [2.05, 4.69) is 4.72 Å². The number of sulfonamides is 1. The summed E-state index contributed by atoms with van der Waals surface area (Å²) in [6.07, 6.45) is 2.21. The number of carboxylic acids is 1. The van der Waals surface area contributed by atoms with Crippen molar-refractivity contribution in [1.29, 1.82) is 0 Å². The van der Waals surface area contributed by atoms with Crippen LogP contribution in [0.15, 0.2) is 59.5 Å². The van der Waals surface area contributed by atoms with Crippen LogP contribution in [0, 0.1) is 6.92 Å². The minimum Gasteiger partial charge on any atom is -0.545 e. The van der Waals surface area contributed by atoms with Crippen LogP contribution in [0.3, 0.4) is 0 Å². The van der Waals surface area contributed by atoms with Gasteiger partial charge in [0.15, 0.2) is 0 Å². The topological polar surface area (TPSA) is 86.3 Å². The molecule has 0 aliphatic rings. The predicted octanol–water partition coefficient (Wildman–Crippen LogP) is 1.56. The Balaban J connectivity index is 2.24. The third kappa shape index (κ3) is 4.20. The largest absolute Gasteiger partial charge is 0.545 e. The quantitative estimate of drug-likeness (QED) is 0.848. The van der Waals surface area contributed by atoms with Crippen molar-refractivity contribution in [2.24, 2.45) is 0 Å². The average molecular weight is 316 g/mol. The molecule has 0 fully saturated rings. The van der Waals surface area contributed by atoms with Crippen molar-refractivity contribution >= 4 is 27.8 Å². The molecule has 0 radical (unpaired) electrons. The molecule has 1 N–H and O–H groups in total. The van der Waals surface area contributed by atoms with Crippen molar-refractivity contribution in [2.75, 3.05) is 4.72 Å². The first-order valence-electron chi connectivity index (χ1n) is 6.45. The van der Waals surface area contributed by atoms with Crippen molar-refractivity contribution in [3.8, 4) is 0 Å². The van der Waals surface area contributed by atoms with Gasteiger partial charge in [-0.1, -0.05) is 35.9 Å². The van der Waals surface area contributed by atoms with E-state index in [4.69, 9.17) is 0 Å². The van der Waals surface area contributed by atoms with Gasteiger partial charge in [0, 0.05) is 5.69 Å². The lowest BCUT2D eigenvalue weighted by atomic mass is 10.2. The number of aryl methyl sites for hydroxylation is 1. The van der Waals surface area contributed by atoms with Crippen LogP contribution < -0.4 is 9.83 Å². The van der Waals surface area contributed by atoms with Crippen LogP contribution in [-0.2, 0) is 14.8 Å². The molecular formula is C16H14NO4S-. The fraction of sp³-hybridized carbons (Fsp3) is 0.0625. The van der Waals surface area contributed by atoms with E-state index in [1.165, 1.54) is 24.3 Å². The van der Waals surface area contributed by atoms with E-state index in [0.717, 1.165) is 11.6 Å². The lowest BCUT2D eigenvalue weighted by Gasteiger charge is -2.09. The third-order valence-electron chi connectivity index (χ3n) is 2.88. The van der Waals surface area contributed by atoms with E-state index >= 15 is 0 Å². The van der Waals surface area contributed by atoms with Crippen molar-refractivity contribution in [1.82, 2.24) is 0 Å². The predicted molar refractivity (Wildman–Crippen MR) is 82.5 cm³/mol. The second-order valence-corrected chi connectivity index (χ2v) is 6.38. The Hall–Kier alpha value is -2.60. The normalized spacial score (nSPS) is 11.5. The number of aliphatic carboxylic acids is 1. The molecule has 5 nitrogen and oxygen atoms in total. The zero-order valence-electron chi connectivity index (χ0n) is 11.8. The maximum atomic E-state index is 12.3. The Kier molecular flexibility index (Phi) is 4.62. The lowest BCUT2D eigenvalue weighted by Crippen LogP contribution is -2.18. The molecule has 0 amide bonds. The maximum absolute atomic E-state index is 12.3. The monoisotopic (exact) mass is 316 g/mol. The second kappa shape index (κ2) is 6.44. The highest BCUT2D eigenvalue weighted by Crippen LogP contribution is 2.18. The summed E-state index contributed by atoms with van der Waals surface area (Å²) in [5.74, 6) is -1.31. The summed E-state index contributed by atoms with van der Waals surface area (Å²) in [7, 11) is -3.68. The molecule has 0 spiro atoms. The van der Waals surface area contributed by atoms with Gasteiger partial charge in [0.1, 0.15) is 0 Å². The summed E-state index contributed by atoms with van der Waals surface area (Å²) in [4.78, 5) is 10.6. The van der Waals surface area contributed by atoms with Gasteiger partial charge in [0.25, 0.3) is 10.0 Å². The Morgan fingerprint density at radius 2 is 1.82 bits per heavy atom. The standard InChI is InChI=1S/C16H15NO4S/c1-12-5-8-15(9-6-12)22(20,21)17-14-4-2-3-13(11-14)7-10-16(18)19/h2-11,17H,1H3,(H,18,19)/p-1. The zero-order valence-corrected chi connectivity index (χ0v) is 12.6. The minimum atomic E-state index is -3.68. The number of carbonyl (C=O) groups excluding carboxylic acids is 1. The van der Waals surface area contributed by atoms with Gasteiger partial charge < -0.3 is 9.90 Å². The van der Waals surface area contributed by atoms with Gasteiger partial charge in [-0.15, -0.1) is 0 Å². The average Bonchev–Trinajstić information content (AvgIpc) is 2.45. The molecule has 0 heterocycles. The molecule has 0 aliphatic carbocycles. The maximum Gasteiger partial charge on any atom is 0.261 e. The van der Waals surface area contributed by atoms with Gasteiger partial charge in [-0.25, -0.2) is 8.42 Å². The number of rotatable bonds is 5. The summed E-state index contributed by atoms with van der Waals surface area (Å²) in [6, 6.07) is 12.9. The van der Waals surface area contributed by atoms with E-state index in [0.29, 0.717) is 11.3 Å². The summed E-state index contributed by atoms with van der Waals surface area (Å²) in [5.41, 5.74) is 1.86. The summed E-state index contributed by atoms with van der Waals surface area (Å²) in [6.45, 7) is 1.87. The first-order chi connectivity index (χ1) is 10.4. The first-order valence-corrected chi connectivity index (χ1v) is 7.94. The second-order valence-electron chi connectivity index (χ2n) is 4.70. The van der Waals surface area contributed by atoms with Crippen molar-refractivity contribution in [3.63, 3.8) is 0 Å². The van der Waals surface area contributed by atoms with Gasteiger partial charge in [0.05, 0.1) is 10.9 Å². The van der Waals surface area contributed by atoms with Crippen LogP contribution >= 0.6 is 0 Å². The molecule has 0 unspecified atom stereocenters. The number of hydrogen-bond acceptors (Lipinski definition) is 4. The fourth-order valence-corrected chi connectivity index (χ4v) is 2.85. The van der Waals surface area contributed by atoms with E-state index in [1.807, 2.05) is 6.92 Å². The molecule has 0 saturated carbocycles. The third-order valence-corrected chi connectivity index (χ3v) is 4.28. The van der Waals surface area contributed by atoms with Gasteiger partial charge in [-0.05, 0) is 42.8 Å². The Morgan fingerprint density at radius 1 is 1.14 bits per heavy atom. The molecule has 114 valence electrons. The zero-order chi connectivity index (χ0) is 16.2. The number of carboxylic acid groups (broad SMARTS) is 1. The molecule has 22 heavy (non-hydrogen) atoms. The minimum absolute atomic E-state index is 0.161. The molecule has 0 atom stereocenters. The molecule has 6 heteroatoms. The van der Waals surface area contributed by atoms with E-state index < -0.39 is 16.0 Å².